The van der Waals surface area contributed by atoms with Crippen LogP contribution >= 0.6 is 0 Å². The summed E-state index contributed by atoms with van der Waals surface area (Å²) in [5.41, 5.74) is 5.80. The van der Waals surface area contributed by atoms with E-state index in [1.807, 2.05) is 74.7 Å². The Balaban J connectivity index is 1.75. The zero-order chi connectivity index (χ0) is 21.1. The first kappa shape index (κ1) is 20.6. The van der Waals surface area contributed by atoms with Gasteiger partial charge in [0.15, 0.2) is 6.61 Å². The van der Waals surface area contributed by atoms with Crippen molar-refractivity contribution in [1.82, 2.24) is 9.13 Å². The predicted molar refractivity (Wildman–Crippen MR) is 114 cm³/mol. The number of aryl methyl sites for hydroxylation is 2. The van der Waals surface area contributed by atoms with Crippen LogP contribution in [-0.4, -0.2) is 27.5 Å². The minimum absolute atomic E-state index is 0.175. The van der Waals surface area contributed by atoms with E-state index in [0.717, 1.165) is 41.4 Å². The van der Waals surface area contributed by atoms with E-state index in [1.165, 1.54) is 0 Å². The molecule has 0 saturated carbocycles. The fourth-order valence-corrected chi connectivity index (χ4v) is 3.88. The third kappa shape index (κ3) is 4.04. The molecular weight excluding hydrogens is 364 g/mol. The minimum Gasteiger partial charge on any atom is -0.454 e. The molecule has 0 aliphatic carbocycles. The lowest BCUT2D eigenvalue weighted by Crippen LogP contribution is -2.15. The van der Waals surface area contributed by atoms with Crippen LogP contribution < -0.4 is 0 Å². The normalized spacial score (nSPS) is 10.9. The van der Waals surface area contributed by atoms with Gasteiger partial charge in [-0.15, -0.1) is 0 Å². The number of ketones is 1. The maximum absolute atomic E-state index is 12.7. The summed E-state index contributed by atoms with van der Waals surface area (Å²) in [6.07, 6.45) is 0.996. The van der Waals surface area contributed by atoms with E-state index in [9.17, 15) is 9.59 Å². The molecule has 0 radical (unpaired) electrons. The maximum atomic E-state index is 12.7. The van der Waals surface area contributed by atoms with Gasteiger partial charge >= 0.3 is 5.97 Å². The van der Waals surface area contributed by atoms with Gasteiger partial charge in [-0.1, -0.05) is 25.1 Å². The van der Waals surface area contributed by atoms with Gasteiger partial charge < -0.3 is 13.9 Å². The van der Waals surface area contributed by atoms with Gasteiger partial charge in [-0.3, -0.25) is 4.79 Å². The number of esters is 1. The van der Waals surface area contributed by atoms with Crippen molar-refractivity contribution in [3.8, 4) is 5.69 Å². The van der Waals surface area contributed by atoms with E-state index < -0.39 is 5.97 Å². The number of ether oxygens (including phenoxy) is 1. The lowest BCUT2D eigenvalue weighted by atomic mass is 10.1. The van der Waals surface area contributed by atoms with Crippen molar-refractivity contribution in [2.24, 2.45) is 0 Å². The van der Waals surface area contributed by atoms with Gasteiger partial charge in [0.05, 0.1) is 5.56 Å². The topological polar surface area (TPSA) is 53.2 Å². The van der Waals surface area contributed by atoms with Crippen molar-refractivity contribution in [2.45, 2.75) is 47.6 Å². The standard InChI is InChI=1S/C24H28N2O3/c1-6-12-25-16(2)13-21(18(25)4)23(27)15-29-24(28)22-14-17(3)26(19(22)5)20-10-8-7-9-11-20/h7-11,13-14H,6,12,15H2,1-5H3. The fourth-order valence-electron chi connectivity index (χ4n) is 3.88. The highest BCUT2D eigenvalue weighted by Gasteiger charge is 2.21. The second kappa shape index (κ2) is 8.52. The molecule has 0 fully saturated rings. The number of aromatic nitrogens is 2. The Morgan fingerprint density at radius 2 is 1.55 bits per heavy atom. The Bertz CT molecular complexity index is 1040. The van der Waals surface area contributed by atoms with E-state index in [1.54, 1.807) is 0 Å². The lowest BCUT2D eigenvalue weighted by molar-refractivity contribution is 0.0474. The van der Waals surface area contributed by atoms with Crippen molar-refractivity contribution in [3.05, 3.63) is 76.4 Å². The number of hydrogen-bond donors (Lipinski definition) is 0. The molecule has 3 rings (SSSR count). The highest BCUT2D eigenvalue weighted by atomic mass is 16.5. The van der Waals surface area contributed by atoms with E-state index >= 15 is 0 Å². The molecule has 0 aliphatic rings. The lowest BCUT2D eigenvalue weighted by Gasteiger charge is -2.10. The summed E-state index contributed by atoms with van der Waals surface area (Å²) in [4.78, 5) is 25.3. The number of para-hydroxylation sites is 1. The molecule has 0 unspecified atom stereocenters. The molecule has 2 aromatic heterocycles. The second-order valence-electron chi connectivity index (χ2n) is 7.39. The van der Waals surface area contributed by atoms with Crippen molar-refractivity contribution >= 4 is 11.8 Å². The van der Waals surface area contributed by atoms with E-state index in [-0.39, 0.29) is 12.4 Å². The summed E-state index contributed by atoms with van der Waals surface area (Å²) >= 11 is 0. The molecule has 1 aromatic carbocycles. The molecule has 29 heavy (non-hydrogen) atoms. The Morgan fingerprint density at radius 1 is 0.897 bits per heavy atom. The van der Waals surface area contributed by atoms with Crippen LogP contribution in [0.4, 0.5) is 0 Å². The van der Waals surface area contributed by atoms with Crippen LogP contribution in [0.3, 0.4) is 0 Å². The van der Waals surface area contributed by atoms with Crippen LogP contribution in [0.15, 0.2) is 42.5 Å². The Morgan fingerprint density at radius 3 is 2.21 bits per heavy atom. The van der Waals surface area contributed by atoms with Crippen LogP contribution in [-0.2, 0) is 11.3 Å². The first-order valence-corrected chi connectivity index (χ1v) is 9.96. The van der Waals surface area contributed by atoms with Crippen LogP contribution in [0.5, 0.6) is 0 Å². The number of rotatable bonds is 7. The molecule has 5 nitrogen and oxygen atoms in total. The number of carbonyl (C=O) groups excluding carboxylic acids is 2. The van der Waals surface area contributed by atoms with E-state index in [2.05, 4.69) is 11.5 Å². The molecule has 0 atom stereocenters. The van der Waals surface area contributed by atoms with Gasteiger partial charge in [0.25, 0.3) is 0 Å². The van der Waals surface area contributed by atoms with Gasteiger partial charge in [-0.05, 0) is 58.4 Å². The SMILES string of the molecule is CCCn1c(C)cc(C(=O)COC(=O)c2cc(C)n(-c3ccccc3)c2C)c1C. The monoisotopic (exact) mass is 392 g/mol. The summed E-state index contributed by atoms with van der Waals surface area (Å²) in [5, 5.41) is 0. The average molecular weight is 392 g/mol. The fraction of sp³-hybridized carbons (Fsp3) is 0.333. The molecule has 0 bridgehead atoms. The van der Waals surface area contributed by atoms with Crippen LogP contribution in [0.25, 0.3) is 5.69 Å². The Kier molecular flexibility index (Phi) is 6.06. The van der Waals surface area contributed by atoms with Gasteiger partial charge in [-0.2, -0.15) is 0 Å². The van der Waals surface area contributed by atoms with Crippen LogP contribution in [0, 0.1) is 27.7 Å². The van der Waals surface area contributed by atoms with Crippen LogP contribution in [0.2, 0.25) is 0 Å². The first-order chi connectivity index (χ1) is 13.8. The largest absolute Gasteiger partial charge is 0.454 e. The average Bonchev–Trinajstić information content (AvgIpc) is 3.16. The molecule has 152 valence electrons. The van der Waals surface area contributed by atoms with Gasteiger partial charge in [0.2, 0.25) is 5.78 Å². The Labute approximate surface area is 171 Å². The molecular formula is C24H28N2O3. The molecule has 0 N–H and O–H groups in total. The summed E-state index contributed by atoms with van der Waals surface area (Å²) in [6.45, 7) is 10.5. The molecule has 0 amide bonds. The van der Waals surface area contributed by atoms with Gasteiger partial charge in [0.1, 0.15) is 0 Å². The van der Waals surface area contributed by atoms with Gasteiger partial charge in [0, 0.05) is 40.6 Å². The molecule has 0 aliphatic heterocycles. The summed E-state index contributed by atoms with van der Waals surface area (Å²) in [7, 11) is 0. The summed E-state index contributed by atoms with van der Waals surface area (Å²) in [5.74, 6) is -0.651. The maximum Gasteiger partial charge on any atom is 0.340 e. The molecule has 3 aromatic rings. The quantitative estimate of drug-likeness (QED) is 0.422. The third-order valence-electron chi connectivity index (χ3n) is 5.32. The summed E-state index contributed by atoms with van der Waals surface area (Å²) < 4.78 is 9.52. The summed E-state index contributed by atoms with van der Waals surface area (Å²) in [6, 6.07) is 13.5. The van der Waals surface area contributed by atoms with Crippen molar-refractivity contribution < 1.29 is 14.3 Å². The van der Waals surface area contributed by atoms with E-state index in [0.29, 0.717) is 11.1 Å². The first-order valence-electron chi connectivity index (χ1n) is 9.96. The number of carbonyl (C=O) groups is 2. The highest BCUT2D eigenvalue weighted by Crippen LogP contribution is 2.22. The molecule has 0 saturated heterocycles. The zero-order valence-electron chi connectivity index (χ0n) is 17.8. The molecule has 2 heterocycles. The minimum atomic E-state index is -0.476. The Hall–Kier alpha value is -3.08. The number of nitrogens with zero attached hydrogens (tertiary/aromatic N) is 2. The predicted octanol–water partition coefficient (Wildman–Crippen LogP) is 4.96. The number of hydrogen-bond acceptors (Lipinski definition) is 3. The van der Waals surface area contributed by atoms with Crippen molar-refractivity contribution in [3.63, 3.8) is 0 Å². The molecule has 0 spiro atoms. The highest BCUT2D eigenvalue weighted by molar-refractivity contribution is 6.00. The van der Waals surface area contributed by atoms with Crippen molar-refractivity contribution in [2.75, 3.05) is 6.61 Å². The number of Topliss-reactive ketones (excluding diaryl/α,β-unsaturated/α-hetero) is 1. The third-order valence-corrected chi connectivity index (χ3v) is 5.32. The molecule has 5 heteroatoms. The van der Waals surface area contributed by atoms with Crippen LogP contribution in [0.1, 0.15) is 56.8 Å². The second-order valence-corrected chi connectivity index (χ2v) is 7.39. The smallest absolute Gasteiger partial charge is 0.340 e. The van der Waals surface area contributed by atoms with Crippen molar-refractivity contribution in [1.29, 1.82) is 0 Å². The van der Waals surface area contributed by atoms with E-state index in [4.69, 9.17) is 4.74 Å². The zero-order valence-corrected chi connectivity index (χ0v) is 17.8. The number of benzene rings is 1. The van der Waals surface area contributed by atoms with Gasteiger partial charge in [-0.25, -0.2) is 4.79 Å².